The molecule has 2 aliphatic rings. The first-order chi connectivity index (χ1) is 11.5. The van der Waals surface area contributed by atoms with E-state index in [2.05, 4.69) is 5.32 Å². The fraction of sp³-hybridized carbons (Fsp3) is 0.556. The molecule has 5 nitrogen and oxygen atoms in total. The Morgan fingerprint density at radius 2 is 2.08 bits per heavy atom. The molecule has 0 saturated heterocycles. The first-order valence-electron chi connectivity index (χ1n) is 8.45. The highest BCUT2D eigenvalue weighted by Gasteiger charge is 2.30. The molecule has 24 heavy (non-hydrogen) atoms. The van der Waals surface area contributed by atoms with Crippen LogP contribution < -0.4 is 10.1 Å². The summed E-state index contributed by atoms with van der Waals surface area (Å²) in [7, 11) is 0. The maximum absolute atomic E-state index is 12.3. The van der Waals surface area contributed by atoms with Gasteiger partial charge in [-0.1, -0.05) is 24.4 Å². The number of halogens is 1. The van der Waals surface area contributed by atoms with Gasteiger partial charge in [-0.25, -0.2) is 0 Å². The predicted octanol–water partition coefficient (Wildman–Crippen LogP) is 2.88. The van der Waals surface area contributed by atoms with E-state index < -0.39 is 18.0 Å². The van der Waals surface area contributed by atoms with E-state index in [9.17, 15) is 9.59 Å². The van der Waals surface area contributed by atoms with E-state index in [1.54, 1.807) is 25.1 Å². The molecule has 0 aromatic heterocycles. The summed E-state index contributed by atoms with van der Waals surface area (Å²) in [4.78, 5) is 24.5. The Morgan fingerprint density at radius 1 is 1.33 bits per heavy atom. The van der Waals surface area contributed by atoms with Crippen molar-refractivity contribution in [2.45, 2.75) is 51.2 Å². The number of fused-ring (bicyclic) bond motifs is 1. The Morgan fingerprint density at radius 3 is 2.83 bits per heavy atom. The molecule has 1 amide bonds. The molecule has 1 heterocycles. The number of amides is 1. The summed E-state index contributed by atoms with van der Waals surface area (Å²) in [6, 6.07) is 5.57. The molecule has 3 rings (SSSR count). The summed E-state index contributed by atoms with van der Waals surface area (Å²) in [6.45, 7) is 1.86. The SMILES string of the molecule is C[C@@H](OC(=O)[C@H]1COc2ccc(Cl)cc2C1)C(=O)NC1CCCC1. The van der Waals surface area contributed by atoms with Crippen LogP contribution in [0.25, 0.3) is 0 Å². The summed E-state index contributed by atoms with van der Waals surface area (Å²) in [5, 5.41) is 3.55. The summed E-state index contributed by atoms with van der Waals surface area (Å²) >= 11 is 5.99. The first-order valence-corrected chi connectivity index (χ1v) is 8.83. The predicted molar refractivity (Wildman–Crippen MR) is 90.1 cm³/mol. The summed E-state index contributed by atoms with van der Waals surface area (Å²) < 4.78 is 10.9. The van der Waals surface area contributed by atoms with E-state index in [1.165, 1.54) is 0 Å². The van der Waals surface area contributed by atoms with Crippen LogP contribution in [0.2, 0.25) is 5.02 Å². The van der Waals surface area contributed by atoms with Gasteiger partial charge in [-0.05, 0) is 49.9 Å². The zero-order valence-corrected chi connectivity index (χ0v) is 14.5. The van der Waals surface area contributed by atoms with Crippen molar-refractivity contribution in [1.29, 1.82) is 0 Å². The molecule has 2 atom stereocenters. The molecule has 1 aliphatic heterocycles. The third kappa shape index (κ3) is 4.01. The van der Waals surface area contributed by atoms with E-state index in [0.717, 1.165) is 37.0 Å². The average molecular weight is 352 g/mol. The minimum atomic E-state index is -0.793. The first kappa shape index (κ1) is 17.1. The minimum absolute atomic E-state index is 0.214. The van der Waals surface area contributed by atoms with Crippen molar-refractivity contribution in [1.82, 2.24) is 5.32 Å². The Kier molecular flexibility index (Phi) is 5.29. The second-order valence-corrected chi connectivity index (χ2v) is 6.97. The lowest BCUT2D eigenvalue weighted by Gasteiger charge is -2.25. The van der Waals surface area contributed by atoms with Crippen molar-refractivity contribution in [3.8, 4) is 5.75 Å². The second kappa shape index (κ2) is 7.43. The van der Waals surface area contributed by atoms with Crippen LogP contribution in [0.4, 0.5) is 0 Å². The molecule has 1 aliphatic carbocycles. The number of benzene rings is 1. The molecule has 130 valence electrons. The highest BCUT2D eigenvalue weighted by atomic mass is 35.5. The number of nitrogens with one attached hydrogen (secondary N) is 1. The highest BCUT2D eigenvalue weighted by Crippen LogP contribution is 2.30. The van der Waals surface area contributed by atoms with Crippen LogP contribution >= 0.6 is 11.6 Å². The molecule has 1 fully saturated rings. The Bertz CT molecular complexity index is 627. The van der Waals surface area contributed by atoms with Crippen molar-refractivity contribution in [2.75, 3.05) is 6.61 Å². The number of hydrogen-bond donors (Lipinski definition) is 1. The van der Waals surface area contributed by atoms with E-state index in [4.69, 9.17) is 21.1 Å². The van der Waals surface area contributed by atoms with Gasteiger partial charge in [0.1, 0.15) is 12.4 Å². The molecule has 1 aromatic rings. The molecular weight excluding hydrogens is 330 g/mol. The monoisotopic (exact) mass is 351 g/mol. The van der Waals surface area contributed by atoms with Crippen LogP contribution in [-0.2, 0) is 20.7 Å². The van der Waals surface area contributed by atoms with Gasteiger partial charge >= 0.3 is 5.97 Å². The highest BCUT2D eigenvalue weighted by molar-refractivity contribution is 6.30. The average Bonchev–Trinajstić information content (AvgIpc) is 3.06. The van der Waals surface area contributed by atoms with Gasteiger partial charge in [-0.3, -0.25) is 9.59 Å². The van der Waals surface area contributed by atoms with Gasteiger partial charge in [0.05, 0.1) is 5.92 Å². The topological polar surface area (TPSA) is 64.6 Å². The standard InChI is InChI=1S/C18H22ClNO4/c1-11(17(21)20-15-4-2-3-5-15)24-18(22)13-8-12-9-14(19)6-7-16(12)23-10-13/h6-7,9,11,13,15H,2-5,8,10H2,1H3,(H,20,21)/t11-,13-/m1/s1. The van der Waals surface area contributed by atoms with Crippen LogP contribution in [0.3, 0.4) is 0 Å². The molecule has 1 aromatic carbocycles. The lowest BCUT2D eigenvalue weighted by atomic mass is 9.97. The summed E-state index contributed by atoms with van der Waals surface area (Å²) in [5.74, 6) is -0.307. The zero-order chi connectivity index (χ0) is 17.1. The molecule has 1 saturated carbocycles. The quantitative estimate of drug-likeness (QED) is 0.847. The van der Waals surface area contributed by atoms with Gasteiger partial charge < -0.3 is 14.8 Å². The van der Waals surface area contributed by atoms with Gasteiger partial charge in [0.15, 0.2) is 6.10 Å². The van der Waals surface area contributed by atoms with E-state index in [1.807, 2.05) is 0 Å². The van der Waals surface area contributed by atoms with E-state index in [-0.39, 0.29) is 18.6 Å². The molecule has 6 heteroatoms. The number of hydrogen-bond acceptors (Lipinski definition) is 4. The third-order valence-corrected chi connectivity index (χ3v) is 4.86. The molecule has 0 spiro atoms. The van der Waals surface area contributed by atoms with Gasteiger partial charge in [-0.15, -0.1) is 0 Å². The number of rotatable bonds is 4. The van der Waals surface area contributed by atoms with Gasteiger partial charge in [0.25, 0.3) is 5.91 Å². The Balaban J connectivity index is 1.54. The van der Waals surface area contributed by atoms with Crippen LogP contribution in [0.1, 0.15) is 38.2 Å². The van der Waals surface area contributed by atoms with Crippen molar-refractivity contribution in [3.05, 3.63) is 28.8 Å². The number of carbonyl (C=O) groups is 2. The van der Waals surface area contributed by atoms with E-state index in [0.29, 0.717) is 11.4 Å². The number of carbonyl (C=O) groups excluding carboxylic acids is 2. The van der Waals surface area contributed by atoms with Crippen molar-refractivity contribution in [3.63, 3.8) is 0 Å². The zero-order valence-electron chi connectivity index (χ0n) is 13.7. The summed E-state index contributed by atoms with van der Waals surface area (Å²) in [5.41, 5.74) is 0.888. The van der Waals surface area contributed by atoms with Crippen LogP contribution in [0, 0.1) is 5.92 Å². The molecule has 0 radical (unpaired) electrons. The van der Waals surface area contributed by atoms with Gasteiger partial charge in [0.2, 0.25) is 0 Å². The molecule has 0 unspecified atom stereocenters. The molecular formula is C18H22ClNO4. The Labute approximate surface area is 146 Å². The normalized spacial score (nSPS) is 21.5. The van der Waals surface area contributed by atoms with Crippen molar-refractivity contribution in [2.24, 2.45) is 5.92 Å². The van der Waals surface area contributed by atoms with E-state index >= 15 is 0 Å². The fourth-order valence-electron chi connectivity index (χ4n) is 3.23. The maximum atomic E-state index is 12.3. The van der Waals surface area contributed by atoms with Gasteiger partial charge in [0, 0.05) is 11.1 Å². The van der Waals surface area contributed by atoms with Gasteiger partial charge in [-0.2, -0.15) is 0 Å². The Hall–Kier alpha value is -1.75. The smallest absolute Gasteiger partial charge is 0.313 e. The number of esters is 1. The van der Waals surface area contributed by atoms with Crippen LogP contribution in [-0.4, -0.2) is 30.6 Å². The van der Waals surface area contributed by atoms with Crippen LogP contribution in [0.15, 0.2) is 18.2 Å². The largest absolute Gasteiger partial charge is 0.492 e. The molecule has 0 bridgehead atoms. The van der Waals surface area contributed by atoms with Crippen molar-refractivity contribution >= 4 is 23.5 Å². The second-order valence-electron chi connectivity index (χ2n) is 6.53. The lowest BCUT2D eigenvalue weighted by Crippen LogP contribution is -2.42. The maximum Gasteiger partial charge on any atom is 0.313 e. The molecule has 1 N–H and O–H groups in total. The van der Waals surface area contributed by atoms with Crippen molar-refractivity contribution < 1.29 is 19.1 Å². The minimum Gasteiger partial charge on any atom is -0.492 e. The fourth-order valence-corrected chi connectivity index (χ4v) is 3.42. The van der Waals surface area contributed by atoms with Crippen LogP contribution in [0.5, 0.6) is 5.75 Å². The number of ether oxygens (including phenoxy) is 2. The lowest BCUT2D eigenvalue weighted by molar-refractivity contribution is -0.160. The third-order valence-electron chi connectivity index (χ3n) is 4.63. The summed E-state index contributed by atoms with van der Waals surface area (Å²) in [6.07, 6.45) is 3.99.